The highest BCUT2D eigenvalue weighted by Gasteiger charge is 2.14. The number of nitrogens with zero attached hydrogens (tertiary/aromatic N) is 3. The van der Waals surface area contributed by atoms with Crippen LogP contribution < -0.4 is 5.32 Å². The van der Waals surface area contributed by atoms with E-state index in [-0.39, 0.29) is 0 Å². The molecule has 0 saturated carbocycles. The van der Waals surface area contributed by atoms with Crippen LogP contribution in [0.3, 0.4) is 0 Å². The van der Waals surface area contributed by atoms with Crippen molar-refractivity contribution in [2.45, 2.75) is 27.7 Å². The molecule has 0 atom stereocenters. The predicted molar refractivity (Wildman–Crippen MR) is 109 cm³/mol. The molecule has 0 aliphatic rings. The summed E-state index contributed by atoms with van der Waals surface area (Å²) in [5.41, 5.74) is 5.06. The summed E-state index contributed by atoms with van der Waals surface area (Å²) in [6.07, 6.45) is 1.66. The largest absolute Gasteiger partial charge is 0.368 e. The number of fused-ring (bicyclic) bond motifs is 1. The highest BCUT2D eigenvalue weighted by atomic mass is 32.1. The summed E-state index contributed by atoms with van der Waals surface area (Å²) >= 11 is 1.68. The number of aryl methyl sites for hydroxylation is 2. The lowest BCUT2D eigenvalue weighted by Crippen LogP contribution is -2.28. The summed E-state index contributed by atoms with van der Waals surface area (Å²) in [6.45, 7) is 12.7. The first-order valence-corrected chi connectivity index (χ1v) is 9.78. The number of anilines is 1. The lowest BCUT2D eigenvalue weighted by atomic mass is 9.99. The van der Waals surface area contributed by atoms with Gasteiger partial charge in [-0.3, -0.25) is 0 Å². The summed E-state index contributed by atoms with van der Waals surface area (Å²) in [6, 6.07) is 6.61. The van der Waals surface area contributed by atoms with E-state index in [1.165, 1.54) is 22.3 Å². The van der Waals surface area contributed by atoms with Gasteiger partial charge in [-0.05, 0) is 38.1 Å². The molecule has 2 heterocycles. The number of hydrogen-bond donors (Lipinski definition) is 1. The lowest BCUT2D eigenvalue weighted by molar-refractivity contribution is 0.316. The summed E-state index contributed by atoms with van der Waals surface area (Å²) in [7, 11) is 0. The van der Waals surface area contributed by atoms with Crippen LogP contribution >= 0.6 is 11.3 Å². The monoisotopic (exact) mass is 354 g/mol. The smallest absolute Gasteiger partial charge is 0.138 e. The fourth-order valence-corrected chi connectivity index (χ4v) is 4.10. The number of likely N-dealkylation sites (N-methyl/N-ethyl adjacent to an activating group) is 1. The molecule has 0 fully saturated rings. The normalized spacial score (nSPS) is 11.4. The van der Waals surface area contributed by atoms with Crippen LogP contribution in [0, 0.1) is 13.8 Å². The topological polar surface area (TPSA) is 41.0 Å². The van der Waals surface area contributed by atoms with Gasteiger partial charge in [-0.25, -0.2) is 9.97 Å². The molecule has 1 N–H and O–H groups in total. The molecule has 0 spiro atoms. The summed E-state index contributed by atoms with van der Waals surface area (Å²) in [4.78, 5) is 12.4. The SMILES string of the molecule is CCN(CC)CCNc1ncnc2scc(-c3ccc(C)cc3C)c12. The van der Waals surface area contributed by atoms with Crippen LogP contribution in [-0.2, 0) is 0 Å². The van der Waals surface area contributed by atoms with Crippen molar-refractivity contribution in [1.29, 1.82) is 0 Å². The van der Waals surface area contributed by atoms with E-state index in [0.717, 1.165) is 42.2 Å². The molecule has 3 rings (SSSR count). The second-order valence-corrected chi connectivity index (χ2v) is 7.18. The Kier molecular flexibility index (Phi) is 5.66. The third-order valence-corrected chi connectivity index (χ3v) is 5.54. The molecule has 3 aromatic rings. The van der Waals surface area contributed by atoms with Gasteiger partial charge in [0.25, 0.3) is 0 Å². The van der Waals surface area contributed by atoms with Crippen LogP contribution in [-0.4, -0.2) is 41.0 Å². The highest BCUT2D eigenvalue weighted by Crippen LogP contribution is 2.37. The maximum atomic E-state index is 4.53. The molecule has 5 heteroatoms. The van der Waals surface area contributed by atoms with Crippen LogP contribution in [0.25, 0.3) is 21.3 Å². The molecule has 0 aliphatic heterocycles. The van der Waals surface area contributed by atoms with Crippen molar-refractivity contribution >= 4 is 27.4 Å². The zero-order valence-electron chi connectivity index (χ0n) is 15.5. The van der Waals surface area contributed by atoms with Crippen LogP contribution in [0.1, 0.15) is 25.0 Å². The minimum Gasteiger partial charge on any atom is -0.368 e. The molecule has 0 unspecified atom stereocenters. The number of hydrogen-bond acceptors (Lipinski definition) is 5. The Morgan fingerprint density at radius 2 is 1.88 bits per heavy atom. The van der Waals surface area contributed by atoms with E-state index >= 15 is 0 Å². The van der Waals surface area contributed by atoms with E-state index in [1.807, 2.05) is 0 Å². The molecule has 25 heavy (non-hydrogen) atoms. The molecular formula is C20H26N4S. The number of nitrogens with one attached hydrogen (secondary N) is 1. The number of thiophene rings is 1. The van der Waals surface area contributed by atoms with Crippen molar-refractivity contribution in [3.8, 4) is 11.1 Å². The Hall–Kier alpha value is -1.98. The van der Waals surface area contributed by atoms with E-state index < -0.39 is 0 Å². The van der Waals surface area contributed by atoms with E-state index in [2.05, 4.69) is 71.5 Å². The average molecular weight is 355 g/mol. The molecule has 0 bridgehead atoms. The summed E-state index contributed by atoms with van der Waals surface area (Å²) in [5.74, 6) is 0.938. The third-order valence-electron chi connectivity index (χ3n) is 4.66. The van der Waals surface area contributed by atoms with Crippen molar-refractivity contribution in [2.24, 2.45) is 0 Å². The van der Waals surface area contributed by atoms with Gasteiger partial charge in [0, 0.05) is 24.0 Å². The lowest BCUT2D eigenvalue weighted by Gasteiger charge is -2.18. The van der Waals surface area contributed by atoms with Crippen LogP contribution in [0.4, 0.5) is 5.82 Å². The second-order valence-electron chi connectivity index (χ2n) is 6.32. The number of rotatable bonds is 7. The standard InChI is InChI=1S/C20H26N4S/c1-5-24(6-2)10-9-21-19-18-17(12-25-20(18)23-13-22-19)16-8-7-14(3)11-15(16)4/h7-8,11-13H,5-6,9-10H2,1-4H3,(H,21,22,23). The summed E-state index contributed by atoms with van der Waals surface area (Å²) < 4.78 is 0. The van der Waals surface area contributed by atoms with E-state index in [9.17, 15) is 0 Å². The second kappa shape index (κ2) is 7.93. The summed E-state index contributed by atoms with van der Waals surface area (Å²) in [5, 5.41) is 6.87. The molecule has 132 valence electrons. The molecular weight excluding hydrogens is 328 g/mol. The molecule has 0 radical (unpaired) electrons. The highest BCUT2D eigenvalue weighted by molar-refractivity contribution is 7.17. The van der Waals surface area contributed by atoms with Crippen molar-refractivity contribution in [3.05, 3.63) is 41.0 Å². The number of aromatic nitrogens is 2. The first kappa shape index (κ1) is 17.8. The van der Waals surface area contributed by atoms with Crippen molar-refractivity contribution in [3.63, 3.8) is 0 Å². The van der Waals surface area contributed by atoms with E-state index in [4.69, 9.17) is 0 Å². The Labute approximate surface area is 153 Å². The van der Waals surface area contributed by atoms with Gasteiger partial charge in [-0.15, -0.1) is 11.3 Å². The fraction of sp³-hybridized carbons (Fsp3) is 0.400. The predicted octanol–water partition coefficient (Wildman–Crippen LogP) is 4.73. The minimum absolute atomic E-state index is 0.885. The van der Waals surface area contributed by atoms with Gasteiger partial charge in [-0.2, -0.15) is 0 Å². The quantitative estimate of drug-likeness (QED) is 0.666. The van der Waals surface area contributed by atoms with Gasteiger partial charge in [0.05, 0.1) is 5.39 Å². The first-order chi connectivity index (χ1) is 12.1. The van der Waals surface area contributed by atoms with Gasteiger partial charge in [0.2, 0.25) is 0 Å². The van der Waals surface area contributed by atoms with Crippen LogP contribution in [0.15, 0.2) is 29.9 Å². The van der Waals surface area contributed by atoms with Crippen molar-refractivity contribution in [2.75, 3.05) is 31.5 Å². The Bertz CT molecular complexity index is 852. The Morgan fingerprint density at radius 1 is 1.08 bits per heavy atom. The fourth-order valence-electron chi connectivity index (χ4n) is 3.20. The van der Waals surface area contributed by atoms with E-state index in [0.29, 0.717) is 0 Å². The molecule has 2 aromatic heterocycles. The molecule has 4 nitrogen and oxygen atoms in total. The van der Waals surface area contributed by atoms with Gasteiger partial charge >= 0.3 is 0 Å². The third kappa shape index (κ3) is 3.83. The first-order valence-electron chi connectivity index (χ1n) is 8.90. The molecule has 0 aliphatic carbocycles. The van der Waals surface area contributed by atoms with E-state index in [1.54, 1.807) is 17.7 Å². The van der Waals surface area contributed by atoms with Crippen molar-refractivity contribution in [1.82, 2.24) is 14.9 Å². The van der Waals surface area contributed by atoms with Crippen LogP contribution in [0.2, 0.25) is 0 Å². The Morgan fingerprint density at radius 3 is 2.60 bits per heavy atom. The number of benzene rings is 1. The minimum atomic E-state index is 0.885. The molecule has 0 saturated heterocycles. The molecule has 0 amide bonds. The zero-order valence-corrected chi connectivity index (χ0v) is 16.3. The van der Waals surface area contributed by atoms with Gasteiger partial charge in [-0.1, -0.05) is 37.6 Å². The van der Waals surface area contributed by atoms with Gasteiger partial charge in [0.1, 0.15) is 17.0 Å². The maximum absolute atomic E-state index is 4.53. The molecule has 1 aromatic carbocycles. The Balaban J connectivity index is 1.93. The van der Waals surface area contributed by atoms with Crippen molar-refractivity contribution < 1.29 is 0 Å². The maximum Gasteiger partial charge on any atom is 0.138 e. The van der Waals surface area contributed by atoms with Gasteiger partial charge in [0.15, 0.2) is 0 Å². The van der Waals surface area contributed by atoms with Crippen LogP contribution in [0.5, 0.6) is 0 Å². The van der Waals surface area contributed by atoms with Gasteiger partial charge < -0.3 is 10.2 Å². The zero-order chi connectivity index (χ0) is 17.8. The average Bonchev–Trinajstić information content (AvgIpc) is 3.03.